The van der Waals surface area contributed by atoms with Crippen LogP contribution in [0.5, 0.6) is 0 Å². The minimum Gasteiger partial charge on any atom is -0.370 e. The van der Waals surface area contributed by atoms with E-state index in [9.17, 15) is 9.59 Å². The van der Waals surface area contributed by atoms with Gasteiger partial charge in [-0.1, -0.05) is 23.4 Å². The standard InChI is InChI=1S/C20H26N6O2/c1-14(2)26-13-16(22-23-26)12-17-19(27)25(20(28)21-17)11-10-24-9-5-7-15-6-3-4-8-18(15)24/h3-4,6,8,13-14,17H,5,7,9-12H2,1-2H3,(H,21,28)/t17-/m1/s1. The van der Waals surface area contributed by atoms with Gasteiger partial charge in [-0.2, -0.15) is 0 Å². The number of fused-ring (bicyclic) bond motifs is 1. The molecule has 8 nitrogen and oxygen atoms in total. The van der Waals surface area contributed by atoms with E-state index in [1.54, 1.807) is 4.68 Å². The highest BCUT2D eigenvalue weighted by atomic mass is 16.2. The number of nitrogens with one attached hydrogen (secondary N) is 1. The van der Waals surface area contributed by atoms with Gasteiger partial charge in [0.2, 0.25) is 0 Å². The Morgan fingerprint density at radius 1 is 1.21 bits per heavy atom. The molecule has 148 valence electrons. The van der Waals surface area contributed by atoms with E-state index in [1.165, 1.54) is 16.2 Å². The van der Waals surface area contributed by atoms with Gasteiger partial charge in [-0.25, -0.2) is 9.48 Å². The largest absolute Gasteiger partial charge is 0.370 e. The molecule has 8 heteroatoms. The molecule has 0 unspecified atom stereocenters. The number of hydrogen-bond donors (Lipinski definition) is 1. The van der Waals surface area contributed by atoms with Gasteiger partial charge in [0.25, 0.3) is 5.91 Å². The van der Waals surface area contributed by atoms with Crippen LogP contribution in [0.15, 0.2) is 30.5 Å². The van der Waals surface area contributed by atoms with Crippen LogP contribution in [-0.2, 0) is 17.6 Å². The fraction of sp³-hybridized carbons (Fsp3) is 0.500. The highest BCUT2D eigenvalue weighted by Gasteiger charge is 2.38. The lowest BCUT2D eigenvalue weighted by Crippen LogP contribution is -2.41. The average molecular weight is 382 g/mol. The molecule has 3 amide bonds. The lowest BCUT2D eigenvalue weighted by atomic mass is 10.0. The van der Waals surface area contributed by atoms with Gasteiger partial charge in [0, 0.05) is 44.0 Å². The average Bonchev–Trinajstić information content (AvgIpc) is 3.26. The molecule has 2 aliphatic heterocycles. The number of benzene rings is 1. The van der Waals surface area contributed by atoms with Crippen LogP contribution in [0.1, 0.15) is 37.6 Å². The van der Waals surface area contributed by atoms with Crippen LogP contribution in [0.3, 0.4) is 0 Å². The first-order valence-electron chi connectivity index (χ1n) is 9.88. The van der Waals surface area contributed by atoms with Crippen molar-refractivity contribution in [1.82, 2.24) is 25.2 Å². The molecule has 1 N–H and O–H groups in total. The van der Waals surface area contributed by atoms with Crippen LogP contribution < -0.4 is 10.2 Å². The van der Waals surface area contributed by atoms with Crippen LogP contribution in [0.2, 0.25) is 0 Å². The first-order chi connectivity index (χ1) is 13.5. The smallest absolute Gasteiger partial charge is 0.324 e. The van der Waals surface area contributed by atoms with Crippen molar-refractivity contribution in [2.45, 2.75) is 45.2 Å². The first-order valence-corrected chi connectivity index (χ1v) is 9.88. The number of amides is 3. The molecule has 4 rings (SSSR count). The van der Waals surface area contributed by atoms with Crippen molar-refractivity contribution < 1.29 is 9.59 Å². The summed E-state index contributed by atoms with van der Waals surface area (Å²) in [6.45, 7) is 6.01. The maximum atomic E-state index is 12.7. The number of carbonyl (C=O) groups excluding carboxylic acids is 2. The molecule has 0 spiro atoms. The maximum absolute atomic E-state index is 12.7. The summed E-state index contributed by atoms with van der Waals surface area (Å²) < 4.78 is 1.75. The number of imide groups is 1. The van der Waals surface area contributed by atoms with E-state index in [4.69, 9.17) is 0 Å². The molecule has 1 fully saturated rings. The first kappa shape index (κ1) is 18.5. The van der Waals surface area contributed by atoms with Crippen molar-refractivity contribution in [3.8, 4) is 0 Å². The molecule has 1 saturated heterocycles. The monoisotopic (exact) mass is 382 g/mol. The second-order valence-electron chi connectivity index (χ2n) is 7.70. The number of anilines is 1. The van der Waals surface area contributed by atoms with Gasteiger partial charge >= 0.3 is 6.03 Å². The number of para-hydroxylation sites is 1. The van der Waals surface area contributed by atoms with Gasteiger partial charge < -0.3 is 10.2 Å². The predicted molar refractivity (Wildman–Crippen MR) is 105 cm³/mol. The number of urea groups is 1. The third kappa shape index (κ3) is 3.58. The zero-order valence-electron chi connectivity index (χ0n) is 16.3. The van der Waals surface area contributed by atoms with Crippen molar-refractivity contribution in [2.75, 3.05) is 24.5 Å². The zero-order chi connectivity index (χ0) is 19.7. The topological polar surface area (TPSA) is 83.4 Å². The van der Waals surface area contributed by atoms with E-state index in [-0.39, 0.29) is 18.0 Å². The van der Waals surface area contributed by atoms with Crippen LogP contribution in [0.4, 0.5) is 10.5 Å². The summed E-state index contributed by atoms with van der Waals surface area (Å²) in [6, 6.07) is 7.66. The number of hydrogen-bond acceptors (Lipinski definition) is 5. The molecule has 1 aromatic carbocycles. The van der Waals surface area contributed by atoms with Gasteiger partial charge in [0.05, 0.1) is 5.69 Å². The Hall–Kier alpha value is -2.90. The van der Waals surface area contributed by atoms with E-state index in [0.717, 1.165) is 19.4 Å². The summed E-state index contributed by atoms with van der Waals surface area (Å²) in [5.41, 5.74) is 3.25. The summed E-state index contributed by atoms with van der Waals surface area (Å²) in [6.07, 6.45) is 4.36. The Morgan fingerprint density at radius 2 is 2.04 bits per heavy atom. The lowest BCUT2D eigenvalue weighted by molar-refractivity contribution is -0.127. The molecule has 0 saturated carbocycles. The Kier molecular flexibility index (Phi) is 5.02. The molecule has 2 aliphatic rings. The SMILES string of the molecule is CC(C)n1cc(C[C@H]2NC(=O)N(CCN3CCCc4ccccc43)C2=O)nn1. The van der Waals surface area contributed by atoms with Gasteiger partial charge in [-0.3, -0.25) is 9.69 Å². The summed E-state index contributed by atoms with van der Waals surface area (Å²) in [4.78, 5) is 28.7. The summed E-state index contributed by atoms with van der Waals surface area (Å²) >= 11 is 0. The van der Waals surface area contributed by atoms with Crippen molar-refractivity contribution in [3.63, 3.8) is 0 Å². The molecule has 0 aliphatic carbocycles. The number of aromatic nitrogens is 3. The predicted octanol–water partition coefficient (Wildman–Crippen LogP) is 1.77. The van der Waals surface area contributed by atoms with Gasteiger partial charge in [-0.05, 0) is 38.3 Å². The van der Waals surface area contributed by atoms with E-state index in [2.05, 4.69) is 38.7 Å². The zero-order valence-corrected chi connectivity index (χ0v) is 16.3. The van der Waals surface area contributed by atoms with E-state index in [1.807, 2.05) is 26.1 Å². The molecule has 0 bridgehead atoms. The van der Waals surface area contributed by atoms with Gasteiger partial charge in [-0.15, -0.1) is 5.10 Å². The number of aryl methyl sites for hydroxylation is 1. The summed E-state index contributed by atoms with van der Waals surface area (Å²) in [7, 11) is 0. The maximum Gasteiger partial charge on any atom is 0.324 e. The normalized spacial score (nSPS) is 19.3. The fourth-order valence-electron chi connectivity index (χ4n) is 3.86. The molecule has 1 atom stereocenters. The van der Waals surface area contributed by atoms with Crippen LogP contribution >= 0.6 is 0 Å². The summed E-state index contributed by atoms with van der Waals surface area (Å²) in [5.74, 6) is -0.186. The highest BCUT2D eigenvalue weighted by molar-refractivity contribution is 6.04. The van der Waals surface area contributed by atoms with Crippen LogP contribution in [0.25, 0.3) is 0 Å². The Morgan fingerprint density at radius 3 is 2.82 bits per heavy atom. The third-order valence-corrected chi connectivity index (χ3v) is 5.41. The van der Waals surface area contributed by atoms with Crippen molar-refractivity contribution in [1.29, 1.82) is 0 Å². The van der Waals surface area contributed by atoms with E-state index >= 15 is 0 Å². The Balaban J connectivity index is 1.38. The number of rotatable bonds is 6. The second-order valence-corrected chi connectivity index (χ2v) is 7.70. The number of nitrogens with zero attached hydrogens (tertiary/aromatic N) is 5. The van der Waals surface area contributed by atoms with Gasteiger partial charge in [0.1, 0.15) is 6.04 Å². The second kappa shape index (κ2) is 7.61. The Labute approximate surface area is 164 Å². The van der Waals surface area contributed by atoms with Crippen molar-refractivity contribution >= 4 is 17.6 Å². The van der Waals surface area contributed by atoms with Crippen LogP contribution in [-0.4, -0.2) is 57.5 Å². The van der Waals surface area contributed by atoms with Crippen LogP contribution in [0, 0.1) is 0 Å². The molecule has 2 aromatic rings. The molecule has 28 heavy (non-hydrogen) atoms. The molecule has 3 heterocycles. The minimum atomic E-state index is -0.571. The minimum absolute atomic E-state index is 0.186. The molecular weight excluding hydrogens is 356 g/mol. The Bertz CT molecular complexity index is 877. The molecule has 1 aromatic heterocycles. The molecular formula is C20H26N6O2. The molecule has 0 radical (unpaired) electrons. The van der Waals surface area contributed by atoms with Crippen molar-refractivity contribution in [3.05, 3.63) is 41.7 Å². The quantitative estimate of drug-likeness (QED) is 0.770. The van der Waals surface area contributed by atoms with Gasteiger partial charge in [0.15, 0.2) is 0 Å². The van der Waals surface area contributed by atoms with Crippen molar-refractivity contribution in [2.24, 2.45) is 0 Å². The fourth-order valence-corrected chi connectivity index (χ4v) is 3.86. The highest BCUT2D eigenvalue weighted by Crippen LogP contribution is 2.26. The summed E-state index contributed by atoms with van der Waals surface area (Å²) in [5, 5.41) is 11.0. The lowest BCUT2D eigenvalue weighted by Gasteiger charge is -2.32. The van der Waals surface area contributed by atoms with E-state index < -0.39 is 6.04 Å². The van der Waals surface area contributed by atoms with E-state index in [0.29, 0.717) is 25.2 Å². The number of carbonyl (C=O) groups is 2. The third-order valence-electron chi connectivity index (χ3n) is 5.41.